The molecule has 1 atom stereocenters. The summed E-state index contributed by atoms with van der Waals surface area (Å²) < 4.78 is 14.2. The molecule has 2 amide bonds. The average molecular weight is 431 g/mol. The minimum absolute atomic E-state index is 0.155. The largest absolute Gasteiger partial charge is 0.352 e. The van der Waals surface area contributed by atoms with Crippen LogP contribution in [-0.2, 0) is 22.6 Å². The molecule has 1 aliphatic rings. The molecule has 1 N–H and O–H groups in total. The van der Waals surface area contributed by atoms with Gasteiger partial charge in [-0.3, -0.25) is 9.59 Å². The Morgan fingerprint density at radius 2 is 1.80 bits per heavy atom. The third-order valence-electron chi connectivity index (χ3n) is 5.70. The van der Waals surface area contributed by atoms with Gasteiger partial charge in [0.25, 0.3) is 0 Å². The molecular weight excluding hydrogens is 403 g/mol. The van der Waals surface area contributed by atoms with E-state index in [9.17, 15) is 14.0 Å². The number of hydrogen-bond acceptors (Lipinski definition) is 2. The van der Waals surface area contributed by atoms with E-state index in [1.54, 1.807) is 13.0 Å². The van der Waals surface area contributed by atoms with Gasteiger partial charge in [0.05, 0.1) is 6.42 Å². The topological polar surface area (TPSA) is 49.4 Å². The summed E-state index contributed by atoms with van der Waals surface area (Å²) in [5.41, 5.74) is 1.06. The van der Waals surface area contributed by atoms with Crippen LogP contribution in [0.3, 0.4) is 0 Å². The van der Waals surface area contributed by atoms with Crippen molar-refractivity contribution < 1.29 is 14.0 Å². The first-order chi connectivity index (χ1) is 14.5. The van der Waals surface area contributed by atoms with E-state index in [-0.39, 0.29) is 41.4 Å². The molecule has 0 saturated heterocycles. The molecule has 0 spiro atoms. The van der Waals surface area contributed by atoms with E-state index in [0.29, 0.717) is 0 Å². The molecule has 3 rings (SSSR count). The number of nitrogens with zero attached hydrogens (tertiary/aromatic N) is 1. The van der Waals surface area contributed by atoms with Crippen LogP contribution in [0.25, 0.3) is 0 Å². The molecule has 2 aromatic carbocycles. The van der Waals surface area contributed by atoms with Crippen LogP contribution in [0.15, 0.2) is 48.5 Å². The molecule has 0 aromatic heterocycles. The van der Waals surface area contributed by atoms with Gasteiger partial charge in [0, 0.05) is 23.2 Å². The summed E-state index contributed by atoms with van der Waals surface area (Å²) in [6.45, 7) is 1.99. The highest BCUT2D eigenvalue weighted by Crippen LogP contribution is 2.22. The molecule has 0 aliphatic heterocycles. The lowest BCUT2D eigenvalue weighted by atomic mass is 9.95. The Labute approximate surface area is 182 Å². The summed E-state index contributed by atoms with van der Waals surface area (Å²) in [6.07, 6.45) is 5.16. The average Bonchev–Trinajstić information content (AvgIpc) is 2.75. The van der Waals surface area contributed by atoms with E-state index in [1.807, 2.05) is 30.3 Å². The Balaban J connectivity index is 1.78. The maximum absolute atomic E-state index is 14.2. The van der Waals surface area contributed by atoms with Crippen molar-refractivity contribution in [3.8, 4) is 0 Å². The van der Waals surface area contributed by atoms with Crippen LogP contribution in [0.5, 0.6) is 0 Å². The second-order valence-electron chi connectivity index (χ2n) is 7.90. The fourth-order valence-corrected chi connectivity index (χ4v) is 4.12. The molecule has 1 fully saturated rings. The van der Waals surface area contributed by atoms with Crippen molar-refractivity contribution in [2.45, 2.75) is 64.1 Å². The normalized spacial score (nSPS) is 15.4. The van der Waals surface area contributed by atoms with E-state index in [2.05, 4.69) is 5.32 Å². The number of halogens is 2. The molecule has 4 nitrogen and oxygen atoms in total. The van der Waals surface area contributed by atoms with Crippen LogP contribution in [0.4, 0.5) is 4.39 Å². The summed E-state index contributed by atoms with van der Waals surface area (Å²) in [5, 5.41) is 3.30. The summed E-state index contributed by atoms with van der Waals surface area (Å²) in [6, 6.07) is 13.3. The molecular formula is C24H28ClFN2O2. The molecule has 30 heavy (non-hydrogen) atoms. The van der Waals surface area contributed by atoms with E-state index in [1.165, 1.54) is 23.5 Å². The Kier molecular flexibility index (Phi) is 7.86. The van der Waals surface area contributed by atoms with E-state index in [4.69, 9.17) is 11.6 Å². The highest BCUT2D eigenvalue weighted by Gasteiger charge is 2.29. The predicted octanol–water partition coefficient (Wildman–Crippen LogP) is 4.89. The standard InChI is InChI=1S/C24H28ClFN2O2/c1-17(24(30)27-19-11-6-3-7-12-19)28(16-18-9-4-2-5-10-18)23(29)15-20-21(25)13-8-14-22(20)26/h2,4-5,8-10,13-14,17,19H,3,6-7,11-12,15-16H2,1H3,(H,27,30)/t17-/m1/s1. The van der Waals surface area contributed by atoms with Gasteiger partial charge in [0.2, 0.25) is 11.8 Å². The van der Waals surface area contributed by atoms with Gasteiger partial charge in [0.1, 0.15) is 11.9 Å². The third-order valence-corrected chi connectivity index (χ3v) is 6.06. The molecule has 0 bridgehead atoms. The lowest BCUT2D eigenvalue weighted by Gasteiger charge is -2.31. The molecule has 0 unspecified atom stereocenters. The minimum atomic E-state index is -0.676. The van der Waals surface area contributed by atoms with Crippen LogP contribution in [0.2, 0.25) is 5.02 Å². The molecule has 2 aromatic rings. The van der Waals surface area contributed by atoms with Crippen molar-refractivity contribution in [2.24, 2.45) is 0 Å². The SMILES string of the molecule is C[C@H](C(=O)NC1CCCCC1)N(Cc1ccccc1)C(=O)Cc1c(F)cccc1Cl. The number of benzene rings is 2. The second-order valence-corrected chi connectivity index (χ2v) is 8.31. The van der Waals surface area contributed by atoms with Crippen molar-refractivity contribution in [3.63, 3.8) is 0 Å². The van der Waals surface area contributed by atoms with Crippen molar-refractivity contribution in [1.82, 2.24) is 10.2 Å². The molecule has 0 heterocycles. The zero-order valence-corrected chi connectivity index (χ0v) is 18.0. The zero-order valence-electron chi connectivity index (χ0n) is 17.2. The molecule has 0 radical (unpaired) electrons. The van der Waals surface area contributed by atoms with Gasteiger partial charge in [-0.05, 0) is 37.5 Å². The van der Waals surface area contributed by atoms with Crippen LogP contribution < -0.4 is 5.32 Å². The first-order valence-electron chi connectivity index (χ1n) is 10.5. The van der Waals surface area contributed by atoms with Crippen molar-refractivity contribution >= 4 is 23.4 Å². The lowest BCUT2D eigenvalue weighted by molar-refractivity contribution is -0.140. The Morgan fingerprint density at radius 1 is 1.10 bits per heavy atom. The van der Waals surface area contributed by atoms with E-state index in [0.717, 1.165) is 31.2 Å². The molecule has 1 saturated carbocycles. The third kappa shape index (κ3) is 5.82. The van der Waals surface area contributed by atoms with Gasteiger partial charge in [-0.2, -0.15) is 0 Å². The van der Waals surface area contributed by atoms with Gasteiger partial charge >= 0.3 is 0 Å². The maximum atomic E-state index is 14.2. The Morgan fingerprint density at radius 3 is 2.47 bits per heavy atom. The Bertz CT molecular complexity index is 849. The molecule has 1 aliphatic carbocycles. The number of rotatable bonds is 7. The van der Waals surface area contributed by atoms with Gasteiger partial charge < -0.3 is 10.2 Å². The number of hydrogen-bond donors (Lipinski definition) is 1. The second kappa shape index (κ2) is 10.6. The first-order valence-corrected chi connectivity index (χ1v) is 10.9. The molecule has 160 valence electrons. The summed E-state index contributed by atoms with van der Waals surface area (Å²) in [7, 11) is 0. The van der Waals surface area contributed by atoms with Gasteiger partial charge in [-0.25, -0.2) is 4.39 Å². The van der Waals surface area contributed by atoms with Crippen molar-refractivity contribution in [1.29, 1.82) is 0 Å². The zero-order chi connectivity index (χ0) is 21.5. The van der Waals surface area contributed by atoms with Crippen molar-refractivity contribution in [3.05, 3.63) is 70.5 Å². The quantitative estimate of drug-likeness (QED) is 0.680. The number of carbonyl (C=O) groups excluding carboxylic acids is 2. The van der Waals surface area contributed by atoms with Gasteiger partial charge in [-0.15, -0.1) is 0 Å². The Hall–Kier alpha value is -2.40. The molecule has 6 heteroatoms. The van der Waals surface area contributed by atoms with Crippen LogP contribution in [0.1, 0.15) is 50.2 Å². The van der Waals surface area contributed by atoms with E-state index < -0.39 is 11.9 Å². The van der Waals surface area contributed by atoms with E-state index >= 15 is 0 Å². The van der Waals surface area contributed by atoms with Crippen LogP contribution >= 0.6 is 11.6 Å². The van der Waals surface area contributed by atoms with Gasteiger partial charge in [-0.1, -0.05) is 67.3 Å². The fraction of sp³-hybridized carbons (Fsp3) is 0.417. The van der Waals surface area contributed by atoms with Crippen LogP contribution in [0, 0.1) is 5.82 Å². The maximum Gasteiger partial charge on any atom is 0.242 e. The first kappa shape index (κ1) is 22.3. The fourth-order valence-electron chi connectivity index (χ4n) is 3.89. The minimum Gasteiger partial charge on any atom is -0.352 e. The summed E-state index contributed by atoms with van der Waals surface area (Å²) >= 11 is 6.12. The van der Waals surface area contributed by atoms with Gasteiger partial charge in [0.15, 0.2) is 0 Å². The number of amides is 2. The smallest absolute Gasteiger partial charge is 0.242 e. The predicted molar refractivity (Wildman–Crippen MR) is 117 cm³/mol. The highest BCUT2D eigenvalue weighted by atomic mass is 35.5. The summed E-state index contributed by atoms with van der Waals surface area (Å²) in [4.78, 5) is 27.6. The summed E-state index contributed by atoms with van der Waals surface area (Å²) in [5.74, 6) is -1.03. The monoisotopic (exact) mass is 430 g/mol. The lowest BCUT2D eigenvalue weighted by Crippen LogP contribution is -2.50. The highest BCUT2D eigenvalue weighted by molar-refractivity contribution is 6.31. The van der Waals surface area contributed by atoms with Crippen molar-refractivity contribution in [2.75, 3.05) is 0 Å². The number of carbonyl (C=O) groups is 2. The number of nitrogens with one attached hydrogen (secondary N) is 1. The van der Waals surface area contributed by atoms with Crippen LogP contribution in [-0.4, -0.2) is 28.8 Å².